The van der Waals surface area contributed by atoms with Crippen molar-refractivity contribution in [3.63, 3.8) is 0 Å². The molecule has 106 valence electrons. The average Bonchev–Trinajstić information content (AvgIpc) is 2.86. The van der Waals surface area contributed by atoms with Crippen LogP contribution in [-0.2, 0) is 4.74 Å². The van der Waals surface area contributed by atoms with Crippen molar-refractivity contribution in [3.8, 4) is 0 Å². The zero-order chi connectivity index (χ0) is 13.7. The first-order valence-electron chi connectivity index (χ1n) is 6.73. The van der Waals surface area contributed by atoms with Gasteiger partial charge in [0.1, 0.15) is 0 Å². The van der Waals surface area contributed by atoms with Gasteiger partial charge in [-0.15, -0.1) is 0 Å². The van der Waals surface area contributed by atoms with Crippen LogP contribution in [0.25, 0.3) is 0 Å². The molecule has 2 rings (SSSR count). The minimum absolute atomic E-state index is 0.0811. The Morgan fingerprint density at radius 3 is 2.63 bits per heavy atom. The van der Waals surface area contributed by atoms with Crippen molar-refractivity contribution in [3.05, 3.63) is 33.8 Å². The van der Waals surface area contributed by atoms with E-state index in [-0.39, 0.29) is 6.04 Å². The van der Waals surface area contributed by atoms with Crippen molar-refractivity contribution in [1.82, 2.24) is 5.43 Å². The van der Waals surface area contributed by atoms with E-state index in [1.807, 2.05) is 12.1 Å². The Labute approximate surface area is 124 Å². The summed E-state index contributed by atoms with van der Waals surface area (Å²) in [6.07, 6.45) is 5.92. The van der Waals surface area contributed by atoms with E-state index in [0.29, 0.717) is 16.1 Å². The van der Waals surface area contributed by atoms with Crippen molar-refractivity contribution in [1.29, 1.82) is 0 Å². The lowest BCUT2D eigenvalue weighted by Crippen LogP contribution is -2.28. The highest BCUT2D eigenvalue weighted by Crippen LogP contribution is 2.27. The highest BCUT2D eigenvalue weighted by atomic mass is 35.5. The maximum absolute atomic E-state index is 6.02. The van der Waals surface area contributed by atoms with Crippen LogP contribution in [0.1, 0.15) is 43.7 Å². The monoisotopic (exact) mass is 302 g/mol. The van der Waals surface area contributed by atoms with Crippen LogP contribution < -0.4 is 11.3 Å². The first-order chi connectivity index (χ1) is 9.19. The molecule has 3 N–H and O–H groups in total. The fraction of sp³-hybridized carbons (Fsp3) is 0.571. The number of nitrogens with one attached hydrogen (secondary N) is 1. The fourth-order valence-electron chi connectivity index (χ4n) is 2.54. The van der Waals surface area contributed by atoms with Gasteiger partial charge in [0, 0.05) is 22.7 Å². The molecule has 1 saturated heterocycles. The van der Waals surface area contributed by atoms with Gasteiger partial charge in [0.15, 0.2) is 0 Å². The van der Waals surface area contributed by atoms with Gasteiger partial charge < -0.3 is 4.74 Å². The number of hydrazine groups is 1. The third kappa shape index (κ3) is 4.62. The Bertz CT molecular complexity index is 388. The zero-order valence-corrected chi connectivity index (χ0v) is 12.4. The normalized spacial score (nSPS) is 20.7. The number of rotatable bonds is 6. The summed E-state index contributed by atoms with van der Waals surface area (Å²) in [6, 6.07) is 5.62. The standard InChI is InChI=1S/C14H20Cl2N2O/c15-11-7-10(8-12(16)9-11)14(18-17)5-1-3-13-4-2-6-19-13/h7-9,13-14,18H,1-6,17H2. The van der Waals surface area contributed by atoms with Gasteiger partial charge in [-0.25, -0.2) is 0 Å². The van der Waals surface area contributed by atoms with Crippen LogP contribution in [0.15, 0.2) is 18.2 Å². The van der Waals surface area contributed by atoms with Crippen molar-refractivity contribution in [2.24, 2.45) is 5.84 Å². The first kappa shape index (κ1) is 15.1. The van der Waals surface area contributed by atoms with Crippen LogP contribution in [0.2, 0.25) is 10.0 Å². The maximum Gasteiger partial charge on any atom is 0.0576 e. The Morgan fingerprint density at radius 1 is 1.32 bits per heavy atom. The molecule has 0 radical (unpaired) electrons. The van der Waals surface area contributed by atoms with E-state index in [4.69, 9.17) is 33.8 Å². The van der Waals surface area contributed by atoms with Gasteiger partial charge in [-0.1, -0.05) is 23.2 Å². The Morgan fingerprint density at radius 2 is 2.05 bits per heavy atom. The molecular formula is C14H20Cl2N2O. The summed E-state index contributed by atoms with van der Waals surface area (Å²) in [5.41, 5.74) is 3.87. The molecule has 0 aliphatic carbocycles. The molecule has 1 aliphatic rings. The van der Waals surface area contributed by atoms with E-state index in [1.165, 1.54) is 12.8 Å². The molecule has 19 heavy (non-hydrogen) atoms. The fourth-order valence-corrected chi connectivity index (χ4v) is 3.09. The number of nitrogens with two attached hydrogens (primary N) is 1. The van der Waals surface area contributed by atoms with E-state index in [1.54, 1.807) is 6.07 Å². The SMILES string of the molecule is NNC(CCCC1CCCO1)c1cc(Cl)cc(Cl)c1. The van der Waals surface area contributed by atoms with Crippen molar-refractivity contribution in [2.45, 2.75) is 44.2 Å². The lowest BCUT2D eigenvalue weighted by atomic mass is 10.00. The second-order valence-electron chi connectivity index (χ2n) is 4.99. The molecule has 2 unspecified atom stereocenters. The average molecular weight is 303 g/mol. The third-order valence-electron chi connectivity index (χ3n) is 3.53. The van der Waals surface area contributed by atoms with Crippen molar-refractivity contribution in [2.75, 3.05) is 6.61 Å². The molecule has 5 heteroatoms. The first-order valence-corrected chi connectivity index (χ1v) is 7.48. The molecule has 1 heterocycles. The molecule has 0 saturated carbocycles. The van der Waals surface area contributed by atoms with E-state index >= 15 is 0 Å². The number of hydrogen-bond donors (Lipinski definition) is 2. The van der Waals surface area contributed by atoms with E-state index in [9.17, 15) is 0 Å². The smallest absolute Gasteiger partial charge is 0.0576 e. The van der Waals surface area contributed by atoms with Gasteiger partial charge in [-0.3, -0.25) is 11.3 Å². The lowest BCUT2D eigenvalue weighted by Gasteiger charge is -2.18. The summed E-state index contributed by atoms with van der Waals surface area (Å²) >= 11 is 12.0. The summed E-state index contributed by atoms with van der Waals surface area (Å²) in [7, 11) is 0. The van der Waals surface area contributed by atoms with Gasteiger partial charge in [0.05, 0.1) is 6.10 Å². The lowest BCUT2D eigenvalue weighted by molar-refractivity contribution is 0.101. The molecule has 1 aromatic rings. The summed E-state index contributed by atoms with van der Waals surface area (Å²) in [6.45, 7) is 0.910. The van der Waals surface area contributed by atoms with Crippen LogP contribution in [0.3, 0.4) is 0 Å². The van der Waals surface area contributed by atoms with Crippen LogP contribution in [0.5, 0.6) is 0 Å². The molecule has 1 aromatic carbocycles. The summed E-state index contributed by atoms with van der Waals surface area (Å²) in [4.78, 5) is 0. The Kier molecular flexibility index (Phi) is 5.92. The predicted octanol–water partition coefficient (Wildman–Crippen LogP) is 3.85. The zero-order valence-electron chi connectivity index (χ0n) is 10.9. The minimum atomic E-state index is 0.0811. The quantitative estimate of drug-likeness (QED) is 0.620. The largest absolute Gasteiger partial charge is 0.378 e. The highest BCUT2D eigenvalue weighted by Gasteiger charge is 2.17. The molecule has 0 aromatic heterocycles. The Balaban J connectivity index is 1.87. The van der Waals surface area contributed by atoms with E-state index < -0.39 is 0 Å². The second-order valence-corrected chi connectivity index (χ2v) is 5.86. The van der Waals surface area contributed by atoms with Crippen LogP contribution in [0, 0.1) is 0 Å². The second kappa shape index (κ2) is 7.46. The topological polar surface area (TPSA) is 47.3 Å². The molecule has 1 fully saturated rings. The molecule has 0 spiro atoms. The maximum atomic E-state index is 6.02. The number of halogens is 2. The molecular weight excluding hydrogens is 283 g/mol. The number of benzene rings is 1. The minimum Gasteiger partial charge on any atom is -0.378 e. The highest BCUT2D eigenvalue weighted by molar-refractivity contribution is 6.34. The number of hydrogen-bond acceptors (Lipinski definition) is 3. The third-order valence-corrected chi connectivity index (χ3v) is 3.97. The van der Waals surface area contributed by atoms with Gasteiger partial charge in [0.25, 0.3) is 0 Å². The molecule has 2 atom stereocenters. The van der Waals surface area contributed by atoms with Crippen LogP contribution in [-0.4, -0.2) is 12.7 Å². The van der Waals surface area contributed by atoms with Gasteiger partial charge in [0.2, 0.25) is 0 Å². The van der Waals surface area contributed by atoms with Gasteiger partial charge in [-0.05, 0) is 55.9 Å². The van der Waals surface area contributed by atoms with Gasteiger partial charge in [-0.2, -0.15) is 0 Å². The van der Waals surface area contributed by atoms with Crippen molar-refractivity contribution < 1.29 is 4.74 Å². The predicted molar refractivity (Wildman–Crippen MR) is 79.4 cm³/mol. The molecule has 0 bridgehead atoms. The van der Waals surface area contributed by atoms with Crippen LogP contribution in [0.4, 0.5) is 0 Å². The van der Waals surface area contributed by atoms with Crippen molar-refractivity contribution >= 4 is 23.2 Å². The van der Waals surface area contributed by atoms with Gasteiger partial charge >= 0.3 is 0 Å². The molecule has 0 amide bonds. The summed E-state index contributed by atoms with van der Waals surface area (Å²) in [5, 5.41) is 1.28. The van der Waals surface area contributed by atoms with E-state index in [2.05, 4.69) is 5.43 Å². The molecule has 1 aliphatic heterocycles. The Hall–Kier alpha value is -0.320. The summed E-state index contributed by atoms with van der Waals surface area (Å²) in [5.74, 6) is 5.63. The molecule has 3 nitrogen and oxygen atoms in total. The van der Waals surface area contributed by atoms with Crippen LogP contribution >= 0.6 is 23.2 Å². The van der Waals surface area contributed by atoms with E-state index in [0.717, 1.165) is 31.4 Å². The summed E-state index contributed by atoms with van der Waals surface area (Å²) < 4.78 is 5.62. The number of ether oxygens (including phenoxy) is 1.